The molecule has 0 saturated carbocycles. The summed E-state index contributed by atoms with van der Waals surface area (Å²) < 4.78 is 11.7. The molecule has 2 nitrogen and oxygen atoms in total. The number of benzene rings is 1. The van der Waals surface area contributed by atoms with E-state index in [2.05, 4.69) is 38.1 Å². The first kappa shape index (κ1) is 14.5. The van der Waals surface area contributed by atoms with Gasteiger partial charge in [-0.05, 0) is 24.8 Å². The normalized spacial score (nSPS) is 23.5. The highest BCUT2D eigenvalue weighted by molar-refractivity contribution is 5.23. The van der Waals surface area contributed by atoms with Gasteiger partial charge in [0.25, 0.3) is 0 Å². The average molecular weight is 262 g/mol. The molecule has 2 heteroatoms. The van der Waals surface area contributed by atoms with Crippen molar-refractivity contribution in [3.63, 3.8) is 0 Å². The number of aryl methyl sites for hydroxylation is 1. The van der Waals surface area contributed by atoms with Crippen LogP contribution in [0.5, 0.6) is 0 Å². The quantitative estimate of drug-likeness (QED) is 0.752. The molecule has 0 N–H and O–H groups in total. The van der Waals surface area contributed by atoms with Crippen molar-refractivity contribution in [2.45, 2.75) is 52.2 Å². The lowest BCUT2D eigenvalue weighted by molar-refractivity contribution is -0.206. The zero-order valence-corrected chi connectivity index (χ0v) is 12.2. The first-order valence-electron chi connectivity index (χ1n) is 7.65. The molecule has 0 bridgehead atoms. The van der Waals surface area contributed by atoms with E-state index in [1.54, 1.807) is 0 Å². The lowest BCUT2D eigenvalue weighted by Crippen LogP contribution is -2.26. The maximum Gasteiger partial charge on any atom is 0.183 e. The van der Waals surface area contributed by atoms with Gasteiger partial charge < -0.3 is 9.47 Å². The molecule has 1 heterocycles. The average Bonchev–Trinajstić information content (AvgIpc) is 2.47. The van der Waals surface area contributed by atoms with Crippen LogP contribution in [0.1, 0.15) is 56.9 Å². The Labute approximate surface area is 117 Å². The molecule has 106 valence electrons. The molecule has 1 aromatic carbocycles. The van der Waals surface area contributed by atoms with Gasteiger partial charge in [0, 0.05) is 11.5 Å². The number of rotatable bonds is 6. The minimum Gasteiger partial charge on any atom is -0.348 e. The molecule has 0 aromatic heterocycles. The van der Waals surface area contributed by atoms with Gasteiger partial charge in [0.2, 0.25) is 0 Å². The second kappa shape index (κ2) is 7.66. The number of hydrogen-bond acceptors (Lipinski definition) is 2. The largest absolute Gasteiger partial charge is 0.348 e. The summed E-state index contributed by atoms with van der Waals surface area (Å²) >= 11 is 0. The van der Waals surface area contributed by atoms with Gasteiger partial charge in [-0.25, -0.2) is 0 Å². The van der Waals surface area contributed by atoms with Gasteiger partial charge in [0.05, 0.1) is 13.2 Å². The minimum atomic E-state index is -0.159. The van der Waals surface area contributed by atoms with E-state index in [4.69, 9.17) is 9.47 Å². The van der Waals surface area contributed by atoms with Crippen molar-refractivity contribution in [2.24, 2.45) is 5.92 Å². The van der Waals surface area contributed by atoms with Crippen molar-refractivity contribution in [1.82, 2.24) is 0 Å². The Balaban J connectivity index is 1.85. The molecule has 0 amide bonds. The Hall–Kier alpha value is -0.860. The molecule has 1 aliphatic rings. The Morgan fingerprint density at radius 2 is 1.68 bits per heavy atom. The van der Waals surface area contributed by atoms with Crippen LogP contribution in [0.25, 0.3) is 0 Å². The lowest BCUT2D eigenvalue weighted by atomic mass is 10.0. The van der Waals surface area contributed by atoms with E-state index < -0.39 is 0 Å². The zero-order chi connectivity index (χ0) is 13.5. The predicted octanol–water partition coefficient (Wildman–Crippen LogP) is 4.49. The van der Waals surface area contributed by atoms with E-state index in [0.717, 1.165) is 18.8 Å². The van der Waals surface area contributed by atoms with Crippen molar-refractivity contribution in [3.8, 4) is 0 Å². The Morgan fingerprint density at radius 1 is 1.00 bits per heavy atom. The molecule has 0 radical (unpaired) electrons. The van der Waals surface area contributed by atoms with E-state index >= 15 is 0 Å². The van der Waals surface area contributed by atoms with E-state index in [-0.39, 0.29) is 6.29 Å². The highest BCUT2D eigenvalue weighted by Crippen LogP contribution is 2.27. The van der Waals surface area contributed by atoms with E-state index in [0.29, 0.717) is 5.92 Å². The maximum atomic E-state index is 5.83. The lowest BCUT2D eigenvalue weighted by Gasteiger charge is -2.29. The van der Waals surface area contributed by atoms with E-state index in [1.807, 2.05) is 0 Å². The van der Waals surface area contributed by atoms with Gasteiger partial charge >= 0.3 is 0 Å². The van der Waals surface area contributed by atoms with Gasteiger partial charge in [-0.3, -0.25) is 0 Å². The van der Waals surface area contributed by atoms with Crippen LogP contribution in [0, 0.1) is 5.92 Å². The summed E-state index contributed by atoms with van der Waals surface area (Å²) in [6.45, 7) is 6.10. The second-order valence-electron chi connectivity index (χ2n) is 5.50. The summed E-state index contributed by atoms with van der Waals surface area (Å²) in [7, 11) is 0. The third-order valence-corrected chi connectivity index (χ3v) is 3.73. The molecule has 0 spiro atoms. The molecule has 2 rings (SSSR count). The summed E-state index contributed by atoms with van der Waals surface area (Å²) in [4.78, 5) is 0. The molecule has 0 unspecified atom stereocenters. The van der Waals surface area contributed by atoms with Gasteiger partial charge in [0.15, 0.2) is 6.29 Å². The predicted molar refractivity (Wildman–Crippen MR) is 78.1 cm³/mol. The molecule has 1 aromatic rings. The Morgan fingerprint density at radius 3 is 2.26 bits per heavy atom. The third kappa shape index (κ3) is 4.32. The second-order valence-corrected chi connectivity index (χ2v) is 5.50. The monoisotopic (exact) mass is 262 g/mol. The SMILES string of the molecule is CCCCc1ccc(C2OCC(CCC)CO2)cc1. The summed E-state index contributed by atoms with van der Waals surface area (Å²) in [5.74, 6) is 0.574. The van der Waals surface area contributed by atoms with Crippen molar-refractivity contribution in [2.75, 3.05) is 13.2 Å². The van der Waals surface area contributed by atoms with Crippen LogP contribution in [0.4, 0.5) is 0 Å². The topological polar surface area (TPSA) is 18.5 Å². The molecule has 1 fully saturated rings. The fourth-order valence-electron chi connectivity index (χ4n) is 2.53. The van der Waals surface area contributed by atoms with Gasteiger partial charge in [-0.15, -0.1) is 0 Å². The van der Waals surface area contributed by atoms with Crippen molar-refractivity contribution < 1.29 is 9.47 Å². The van der Waals surface area contributed by atoms with E-state index in [9.17, 15) is 0 Å². The van der Waals surface area contributed by atoms with Crippen LogP contribution in [0.2, 0.25) is 0 Å². The van der Waals surface area contributed by atoms with Crippen LogP contribution in [0.3, 0.4) is 0 Å². The fraction of sp³-hybridized carbons (Fsp3) is 0.647. The zero-order valence-electron chi connectivity index (χ0n) is 12.2. The Bertz CT molecular complexity index is 350. The van der Waals surface area contributed by atoms with Crippen LogP contribution in [-0.4, -0.2) is 13.2 Å². The molecule has 0 atom stereocenters. The molecular weight excluding hydrogens is 236 g/mol. The third-order valence-electron chi connectivity index (χ3n) is 3.73. The van der Waals surface area contributed by atoms with E-state index in [1.165, 1.54) is 37.7 Å². The first-order chi connectivity index (χ1) is 9.33. The van der Waals surface area contributed by atoms with Crippen molar-refractivity contribution in [1.29, 1.82) is 0 Å². The fourth-order valence-corrected chi connectivity index (χ4v) is 2.53. The highest BCUT2D eigenvalue weighted by atomic mass is 16.7. The van der Waals surface area contributed by atoms with Crippen LogP contribution < -0.4 is 0 Å². The first-order valence-corrected chi connectivity index (χ1v) is 7.65. The summed E-state index contributed by atoms with van der Waals surface area (Å²) in [6, 6.07) is 8.71. The van der Waals surface area contributed by atoms with Gasteiger partial charge in [-0.2, -0.15) is 0 Å². The number of hydrogen-bond donors (Lipinski definition) is 0. The van der Waals surface area contributed by atoms with Crippen LogP contribution >= 0.6 is 0 Å². The van der Waals surface area contributed by atoms with Gasteiger partial charge in [-0.1, -0.05) is 51.0 Å². The van der Waals surface area contributed by atoms with Crippen molar-refractivity contribution in [3.05, 3.63) is 35.4 Å². The summed E-state index contributed by atoms with van der Waals surface area (Å²) in [5, 5.41) is 0. The smallest absolute Gasteiger partial charge is 0.183 e. The molecule has 1 saturated heterocycles. The minimum absolute atomic E-state index is 0.159. The highest BCUT2D eigenvalue weighted by Gasteiger charge is 2.22. The van der Waals surface area contributed by atoms with Crippen LogP contribution in [-0.2, 0) is 15.9 Å². The summed E-state index contributed by atoms with van der Waals surface area (Å²) in [5.41, 5.74) is 2.56. The van der Waals surface area contributed by atoms with Gasteiger partial charge in [0.1, 0.15) is 0 Å². The molecule has 0 aliphatic carbocycles. The maximum absolute atomic E-state index is 5.83. The molecule has 19 heavy (non-hydrogen) atoms. The van der Waals surface area contributed by atoms with Crippen molar-refractivity contribution >= 4 is 0 Å². The number of ether oxygens (including phenoxy) is 2. The standard InChI is InChI=1S/C17H26O2/c1-3-5-7-14-8-10-16(11-9-14)17-18-12-15(6-4-2)13-19-17/h8-11,15,17H,3-7,12-13H2,1-2H3. The Kier molecular flexibility index (Phi) is 5.87. The number of unbranched alkanes of at least 4 members (excludes halogenated alkanes) is 1. The summed E-state index contributed by atoms with van der Waals surface area (Å²) in [6.07, 6.45) is 5.91. The molecular formula is C17H26O2. The molecule has 1 aliphatic heterocycles. The van der Waals surface area contributed by atoms with Crippen LogP contribution in [0.15, 0.2) is 24.3 Å².